The Bertz CT molecular complexity index is 380. The van der Waals surface area contributed by atoms with Gasteiger partial charge in [0.2, 0.25) is 0 Å². The first-order chi connectivity index (χ1) is 7.50. The number of carbonyl (C=O) groups excluding carboxylic acids is 1. The predicted molar refractivity (Wildman–Crippen MR) is 55.0 cm³/mol. The maximum Gasteiger partial charge on any atom is 0.373 e. The van der Waals surface area contributed by atoms with Gasteiger partial charge < -0.3 is 5.11 Å². The van der Waals surface area contributed by atoms with Gasteiger partial charge in [-0.3, -0.25) is 4.89 Å². The molecule has 5 nitrogen and oxygen atoms in total. The van der Waals surface area contributed by atoms with Crippen molar-refractivity contribution in [1.29, 1.82) is 0 Å². The number of carbonyl (C=O) groups is 2. The number of carboxylic acid groups (broad SMARTS) is 1. The Morgan fingerprint density at radius 2 is 1.62 bits per heavy atom. The minimum absolute atomic E-state index is 0.112. The van der Waals surface area contributed by atoms with Crippen LogP contribution in [0.1, 0.15) is 34.6 Å². The van der Waals surface area contributed by atoms with E-state index in [1.54, 1.807) is 13.8 Å². The van der Waals surface area contributed by atoms with Crippen molar-refractivity contribution in [1.82, 2.24) is 0 Å². The van der Waals surface area contributed by atoms with Gasteiger partial charge in [-0.2, -0.15) is 4.89 Å². The third kappa shape index (κ3) is 3.36. The number of aromatic carboxylic acids is 1. The molecule has 0 radical (unpaired) electrons. The quantitative estimate of drug-likeness (QED) is 0.624. The Morgan fingerprint density at radius 3 is 2.06 bits per heavy atom. The lowest BCUT2D eigenvalue weighted by Crippen LogP contribution is -2.11. The molecule has 0 heterocycles. The Hall–Kier alpha value is -1.88. The van der Waals surface area contributed by atoms with E-state index < -0.39 is 11.9 Å². The van der Waals surface area contributed by atoms with E-state index in [2.05, 4.69) is 9.78 Å². The summed E-state index contributed by atoms with van der Waals surface area (Å²) < 4.78 is 0. The van der Waals surface area contributed by atoms with Crippen molar-refractivity contribution >= 4 is 11.9 Å². The van der Waals surface area contributed by atoms with Crippen LogP contribution in [-0.4, -0.2) is 23.1 Å². The van der Waals surface area contributed by atoms with Crippen LogP contribution in [0, 0.1) is 0 Å². The van der Waals surface area contributed by atoms with Crippen molar-refractivity contribution in [3.8, 4) is 0 Å². The molecule has 0 aliphatic carbocycles. The fraction of sp³-hybridized carbons (Fsp3) is 0.273. The average Bonchev–Trinajstić information content (AvgIpc) is 2.26. The van der Waals surface area contributed by atoms with Crippen LogP contribution in [0.25, 0.3) is 0 Å². The van der Waals surface area contributed by atoms with Crippen LogP contribution < -0.4 is 0 Å². The predicted octanol–water partition coefficient (Wildman–Crippen LogP) is 1.88. The van der Waals surface area contributed by atoms with Crippen LogP contribution in [0.2, 0.25) is 0 Å². The fourth-order valence-electron chi connectivity index (χ4n) is 0.937. The van der Waals surface area contributed by atoms with Gasteiger partial charge in [-0.15, -0.1) is 0 Å². The maximum atomic E-state index is 11.3. The highest BCUT2D eigenvalue weighted by molar-refractivity contribution is 5.92. The van der Waals surface area contributed by atoms with Gasteiger partial charge in [-0.25, -0.2) is 9.59 Å². The van der Waals surface area contributed by atoms with E-state index in [1.165, 1.54) is 24.3 Å². The highest BCUT2D eigenvalue weighted by Crippen LogP contribution is 2.06. The van der Waals surface area contributed by atoms with Gasteiger partial charge in [0.25, 0.3) is 0 Å². The van der Waals surface area contributed by atoms with Crippen LogP contribution in [0.4, 0.5) is 0 Å². The van der Waals surface area contributed by atoms with E-state index in [0.717, 1.165) is 0 Å². The molecule has 86 valence electrons. The van der Waals surface area contributed by atoms with Crippen molar-refractivity contribution in [2.45, 2.75) is 20.0 Å². The minimum Gasteiger partial charge on any atom is -0.478 e. The topological polar surface area (TPSA) is 72.8 Å². The molecule has 0 aliphatic heterocycles. The average molecular weight is 224 g/mol. The molecule has 0 amide bonds. The van der Waals surface area contributed by atoms with Gasteiger partial charge in [-0.05, 0) is 38.1 Å². The normalized spacial score (nSPS) is 10.2. The lowest BCUT2D eigenvalue weighted by Gasteiger charge is -2.05. The second-order valence-corrected chi connectivity index (χ2v) is 3.40. The van der Waals surface area contributed by atoms with Crippen LogP contribution in [0.3, 0.4) is 0 Å². The van der Waals surface area contributed by atoms with Crippen molar-refractivity contribution in [2.24, 2.45) is 0 Å². The Balaban J connectivity index is 2.67. The molecule has 16 heavy (non-hydrogen) atoms. The molecular weight excluding hydrogens is 212 g/mol. The zero-order valence-electron chi connectivity index (χ0n) is 8.97. The molecule has 0 spiro atoms. The van der Waals surface area contributed by atoms with E-state index in [4.69, 9.17) is 5.11 Å². The molecule has 0 aromatic heterocycles. The second-order valence-electron chi connectivity index (χ2n) is 3.40. The molecule has 0 atom stereocenters. The van der Waals surface area contributed by atoms with Gasteiger partial charge in [0.1, 0.15) is 0 Å². The Morgan fingerprint density at radius 1 is 1.12 bits per heavy atom. The third-order valence-electron chi connectivity index (χ3n) is 1.68. The summed E-state index contributed by atoms with van der Waals surface area (Å²) in [6.07, 6.45) is -0.220. The zero-order valence-corrected chi connectivity index (χ0v) is 8.97. The third-order valence-corrected chi connectivity index (χ3v) is 1.68. The molecule has 0 aliphatic rings. The molecule has 1 aromatic carbocycles. The summed E-state index contributed by atoms with van der Waals surface area (Å²) in [5, 5.41) is 8.65. The molecule has 0 fully saturated rings. The highest BCUT2D eigenvalue weighted by atomic mass is 17.2. The number of benzene rings is 1. The van der Waals surface area contributed by atoms with Crippen molar-refractivity contribution in [3.63, 3.8) is 0 Å². The van der Waals surface area contributed by atoms with Crippen LogP contribution in [-0.2, 0) is 9.78 Å². The van der Waals surface area contributed by atoms with E-state index in [0.29, 0.717) is 0 Å². The summed E-state index contributed by atoms with van der Waals surface area (Å²) in [7, 11) is 0. The second kappa shape index (κ2) is 5.27. The SMILES string of the molecule is CC(C)OOC(=O)c1ccc(C(=O)O)cc1. The van der Waals surface area contributed by atoms with Crippen LogP contribution >= 0.6 is 0 Å². The largest absolute Gasteiger partial charge is 0.478 e. The summed E-state index contributed by atoms with van der Waals surface area (Å²) in [5.74, 6) is -1.69. The summed E-state index contributed by atoms with van der Waals surface area (Å²) >= 11 is 0. The van der Waals surface area contributed by atoms with E-state index in [-0.39, 0.29) is 17.2 Å². The lowest BCUT2D eigenvalue weighted by atomic mass is 10.1. The van der Waals surface area contributed by atoms with Gasteiger partial charge in [0.15, 0.2) is 0 Å². The summed E-state index contributed by atoms with van der Waals surface area (Å²) in [6.45, 7) is 3.45. The first-order valence-corrected chi connectivity index (χ1v) is 4.71. The van der Waals surface area contributed by atoms with Crippen molar-refractivity contribution < 1.29 is 24.5 Å². The molecule has 1 aromatic rings. The Kier molecular flexibility index (Phi) is 4.02. The van der Waals surface area contributed by atoms with Gasteiger partial charge >= 0.3 is 11.9 Å². The smallest absolute Gasteiger partial charge is 0.373 e. The molecule has 0 unspecified atom stereocenters. The molecule has 1 N–H and O–H groups in total. The number of carboxylic acids is 1. The zero-order chi connectivity index (χ0) is 12.1. The molecular formula is C11H12O5. The van der Waals surface area contributed by atoms with Gasteiger partial charge in [-0.1, -0.05) is 0 Å². The summed E-state index contributed by atoms with van der Waals surface area (Å²) in [5.41, 5.74) is 0.354. The van der Waals surface area contributed by atoms with Gasteiger partial charge in [0, 0.05) is 0 Å². The minimum atomic E-state index is -1.04. The maximum absolute atomic E-state index is 11.3. The van der Waals surface area contributed by atoms with E-state index in [9.17, 15) is 9.59 Å². The van der Waals surface area contributed by atoms with Crippen LogP contribution in [0.5, 0.6) is 0 Å². The van der Waals surface area contributed by atoms with Crippen LogP contribution in [0.15, 0.2) is 24.3 Å². The molecule has 0 bridgehead atoms. The Labute approximate surface area is 92.5 Å². The monoisotopic (exact) mass is 224 g/mol. The standard InChI is InChI=1S/C11H12O5/c1-7(2)15-16-11(14)9-5-3-8(4-6-9)10(12)13/h3-7H,1-2H3,(H,12,13). The molecule has 5 heteroatoms. The first-order valence-electron chi connectivity index (χ1n) is 4.71. The van der Waals surface area contributed by atoms with Gasteiger partial charge in [0.05, 0.1) is 17.2 Å². The number of rotatable bonds is 4. The van der Waals surface area contributed by atoms with Crippen molar-refractivity contribution in [3.05, 3.63) is 35.4 Å². The number of hydrogen-bond acceptors (Lipinski definition) is 4. The van der Waals surface area contributed by atoms with E-state index in [1.807, 2.05) is 0 Å². The summed E-state index contributed by atoms with van der Waals surface area (Å²) in [6, 6.07) is 5.40. The molecule has 0 saturated carbocycles. The number of hydrogen-bond donors (Lipinski definition) is 1. The highest BCUT2D eigenvalue weighted by Gasteiger charge is 2.10. The first kappa shape index (κ1) is 12.2. The molecule has 1 rings (SSSR count). The van der Waals surface area contributed by atoms with Crippen molar-refractivity contribution in [2.75, 3.05) is 0 Å². The molecule has 0 saturated heterocycles. The fourth-order valence-corrected chi connectivity index (χ4v) is 0.937. The summed E-state index contributed by atoms with van der Waals surface area (Å²) in [4.78, 5) is 31.1. The van der Waals surface area contributed by atoms with E-state index >= 15 is 0 Å². The lowest BCUT2D eigenvalue weighted by molar-refractivity contribution is -0.265.